The highest BCUT2D eigenvalue weighted by Gasteiger charge is 2.05. The van der Waals surface area contributed by atoms with Crippen LogP contribution >= 0.6 is 11.8 Å². The van der Waals surface area contributed by atoms with Gasteiger partial charge in [0.05, 0.1) is 13.1 Å². The second kappa shape index (κ2) is 10.6. The maximum Gasteiger partial charge on any atom is 0.241 e. The Kier molecular flexibility index (Phi) is 8.13. The summed E-state index contributed by atoms with van der Waals surface area (Å²) in [5.74, 6) is 0.366. The Hall–Kier alpha value is -2.54. The van der Waals surface area contributed by atoms with Crippen LogP contribution in [0.15, 0.2) is 63.3 Å². The van der Waals surface area contributed by atoms with Gasteiger partial charge in [0.1, 0.15) is 5.82 Å². The number of halogens is 1. The van der Waals surface area contributed by atoms with Gasteiger partial charge in [0.2, 0.25) is 5.91 Å². The standard InChI is InChI=1S/C20H25FN4OS/c1-4-22-20(24-14-19(26)25(2)3)23-13-15-5-9-17(10-6-15)27-18-11-7-16(21)8-12-18/h5-12H,4,13-14H2,1-3H3,(H2,22,23,24). The van der Waals surface area contributed by atoms with E-state index in [1.807, 2.05) is 31.2 Å². The summed E-state index contributed by atoms with van der Waals surface area (Å²) in [6, 6.07) is 14.5. The number of carbonyl (C=O) groups excluding carboxylic acids is 1. The van der Waals surface area contributed by atoms with Gasteiger partial charge >= 0.3 is 0 Å². The summed E-state index contributed by atoms with van der Waals surface area (Å²) in [6.45, 7) is 3.40. The van der Waals surface area contributed by atoms with E-state index >= 15 is 0 Å². The smallest absolute Gasteiger partial charge is 0.241 e. The Labute approximate surface area is 164 Å². The van der Waals surface area contributed by atoms with Crippen molar-refractivity contribution in [3.63, 3.8) is 0 Å². The van der Waals surface area contributed by atoms with Crippen LogP contribution in [-0.2, 0) is 11.3 Å². The number of guanidine groups is 1. The third kappa shape index (κ3) is 7.30. The lowest BCUT2D eigenvalue weighted by Crippen LogP contribution is -2.42. The number of rotatable bonds is 7. The molecule has 0 fully saturated rings. The number of carbonyl (C=O) groups is 1. The number of amides is 1. The molecule has 1 amide bonds. The van der Waals surface area contributed by atoms with E-state index in [1.165, 1.54) is 17.0 Å². The van der Waals surface area contributed by atoms with Gasteiger partial charge in [0.15, 0.2) is 5.96 Å². The lowest BCUT2D eigenvalue weighted by Gasteiger charge is -2.14. The van der Waals surface area contributed by atoms with Crippen molar-refractivity contribution >= 4 is 23.6 Å². The molecule has 0 saturated carbocycles. The SMILES string of the molecule is CCNC(=NCc1ccc(Sc2ccc(F)cc2)cc1)NCC(=O)N(C)C. The van der Waals surface area contributed by atoms with Crippen molar-refractivity contribution in [3.8, 4) is 0 Å². The first kappa shape index (κ1) is 20.8. The van der Waals surface area contributed by atoms with Crippen LogP contribution in [0, 0.1) is 5.82 Å². The molecule has 2 rings (SSSR count). The van der Waals surface area contributed by atoms with Crippen molar-refractivity contribution in [1.29, 1.82) is 0 Å². The second-order valence-electron chi connectivity index (χ2n) is 6.04. The van der Waals surface area contributed by atoms with E-state index in [2.05, 4.69) is 15.6 Å². The van der Waals surface area contributed by atoms with E-state index in [0.717, 1.165) is 21.9 Å². The minimum absolute atomic E-state index is 0.0113. The highest BCUT2D eigenvalue weighted by atomic mass is 32.2. The predicted molar refractivity (Wildman–Crippen MR) is 108 cm³/mol. The van der Waals surface area contributed by atoms with E-state index in [-0.39, 0.29) is 18.3 Å². The van der Waals surface area contributed by atoms with Gasteiger partial charge in [-0.05, 0) is 48.9 Å². The third-order valence-corrected chi connectivity index (χ3v) is 4.66. The number of nitrogens with zero attached hydrogens (tertiary/aromatic N) is 2. The zero-order chi connectivity index (χ0) is 19.6. The van der Waals surface area contributed by atoms with Crippen LogP contribution in [0.1, 0.15) is 12.5 Å². The number of hydrogen-bond acceptors (Lipinski definition) is 3. The van der Waals surface area contributed by atoms with Gasteiger partial charge in [-0.15, -0.1) is 0 Å². The average molecular weight is 389 g/mol. The highest BCUT2D eigenvalue weighted by molar-refractivity contribution is 7.99. The first-order chi connectivity index (χ1) is 13.0. The largest absolute Gasteiger partial charge is 0.357 e. The van der Waals surface area contributed by atoms with Crippen molar-refractivity contribution < 1.29 is 9.18 Å². The Bertz CT molecular complexity index is 761. The molecule has 0 bridgehead atoms. The molecule has 0 aliphatic rings. The van der Waals surface area contributed by atoms with E-state index in [1.54, 1.807) is 38.0 Å². The topological polar surface area (TPSA) is 56.7 Å². The third-order valence-electron chi connectivity index (χ3n) is 3.64. The summed E-state index contributed by atoms with van der Waals surface area (Å²) < 4.78 is 13.0. The Morgan fingerprint density at radius 1 is 1.04 bits per heavy atom. The van der Waals surface area contributed by atoms with Crippen LogP contribution < -0.4 is 10.6 Å². The van der Waals surface area contributed by atoms with Crippen LogP contribution in [-0.4, -0.2) is 44.0 Å². The molecule has 0 unspecified atom stereocenters. The number of likely N-dealkylation sites (N-methyl/N-ethyl adjacent to an activating group) is 1. The molecule has 0 saturated heterocycles. The molecule has 144 valence electrons. The molecule has 0 heterocycles. The summed E-state index contributed by atoms with van der Waals surface area (Å²) in [6.07, 6.45) is 0. The van der Waals surface area contributed by atoms with Gasteiger partial charge in [0.25, 0.3) is 0 Å². The fraction of sp³-hybridized carbons (Fsp3) is 0.300. The molecule has 2 aromatic rings. The first-order valence-electron chi connectivity index (χ1n) is 8.72. The molecular formula is C20H25FN4OS. The monoisotopic (exact) mass is 388 g/mol. The fourth-order valence-electron chi connectivity index (χ4n) is 2.13. The molecular weight excluding hydrogens is 363 g/mol. The van der Waals surface area contributed by atoms with Crippen molar-refractivity contribution in [2.75, 3.05) is 27.2 Å². The molecule has 7 heteroatoms. The van der Waals surface area contributed by atoms with Gasteiger partial charge in [-0.25, -0.2) is 9.38 Å². The molecule has 2 aromatic carbocycles. The summed E-state index contributed by atoms with van der Waals surface area (Å²) >= 11 is 1.58. The molecule has 0 aliphatic heterocycles. The zero-order valence-corrected chi connectivity index (χ0v) is 16.6. The van der Waals surface area contributed by atoms with Gasteiger partial charge in [-0.3, -0.25) is 4.79 Å². The van der Waals surface area contributed by atoms with Crippen molar-refractivity contribution in [3.05, 3.63) is 59.9 Å². The summed E-state index contributed by atoms with van der Waals surface area (Å²) in [4.78, 5) is 19.8. The maximum absolute atomic E-state index is 13.0. The van der Waals surface area contributed by atoms with E-state index < -0.39 is 0 Å². The van der Waals surface area contributed by atoms with Crippen molar-refractivity contribution in [2.24, 2.45) is 4.99 Å². The van der Waals surface area contributed by atoms with Crippen LogP contribution in [0.4, 0.5) is 4.39 Å². The van der Waals surface area contributed by atoms with Crippen molar-refractivity contribution in [2.45, 2.75) is 23.3 Å². The Morgan fingerprint density at radius 3 is 2.19 bits per heavy atom. The van der Waals surface area contributed by atoms with Crippen molar-refractivity contribution in [1.82, 2.24) is 15.5 Å². The number of benzene rings is 2. The minimum atomic E-state index is -0.232. The zero-order valence-electron chi connectivity index (χ0n) is 15.8. The van der Waals surface area contributed by atoms with E-state index in [9.17, 15) is 9.18 Å². The number of aliphatic imine (C=N–C) groups is 1. The summed E-state index contributed by atoms with van der Waals surface area (Å²) in [5, 5.41) is 6.16. The van der Waals surface area contributed by atoms with Crippen LogP contribution in [0.25, 0.3) is 0 Å². The fourth-order valence-corrected chi connectivity index (χ4v) is 2.95. The Morgan fingerprint density at radius 2 is 1.63 bits per heavy atom. The molecule has 0 spiro atoms. The summed E-state index contributed by atoms with van der Waals surface area (Å²) in [7, 11) is 3.44. The molecule has 5 nitrogen and oxygen atoms in total. The van der Waals surface area contributed by atoms with Gasteiger partial charge in [0, 0.05) is 30.4 Å². The average Bonchev–Trinajstić information content (AvgIpc) is 2.66. The minimum Gasteiger partial charge on any atom is -0.357 e. The van der Waals surface area contributed by atoms with E-state index in [0.29, 0.717) is 12.5 Å². The molecule has 2 N–H and O–H groups in total. The first-order valence-corrected chi connectivity index (χ1v) is 9.54. The molecule has 0 aliphatic carbocycles. The lowest BCUT2D eigenvalue weighted by atomic mass is 10.2. The molecule has 0 radical (unpaired) electrons. The molecule has 0 atom stereocenters. The van der Waals surface area contributed by atoms with Gasteiger partial charge in [-0.1, -0.05) is 23.9 Å². The number of nitrogens with one attached hydrogen (secondary N) is 2. The van der Waals surface area contributed by atoms with Gasteiger partial charge in [-0.2, -0.15) is 0 Å². The van der Waals surface area contributed by atoms with E-state index in [4.69, 9.17) is 0 Å². The van der Waals surface area contributed by atoms with Crippen LogP contribution in [0.3, 0.4) is 0 Å². The maximum atomic E-state index is 13.0. The lowest BCUT2D eigenvalue weighted by molar-refractivity contribution is -0.127. The normalized spacial score (nSPS) is 11.2. The second-order valence-corrected chi connectivity index (χ2v) is 7.18. The Balaban J connectivity index is 1.93. The quantitative estimate of drug-likeness (QED) is 0.565. The molecule has 0 aromatic heterocycles. The van der Waals surface area contributed by atoms with Crippen LogP contribution in [0.5, 0.6) is 0 Å². The van der Waals surface area contributed by atoms with Gasteiger partial charge < -0.3 is 15.5 Å². The molecule has 27 heavy (non-hydrogen) atoms. The highest BCUT2D eigenvalue weighted by Crippen LogP contribution is 2.27. The number of hydrogen-bond donors (Lipinski definition) is 2. The summed E-state index contributed by atoms with van der Waals surface area (Å²) in [5.41, 5.74) is 1.06. The predicted octanol–water partition coefficient (Wildman–Crippen LogP) is 3.12. The van der Waals surface area contributed by atoms with Crippen LogP contribution in [0.2, 0.25) is 0 Å².